The molecular weight excluding hydrogens is 304 g/mol. The maximum Gasteiger partial charge on any atom is 0.226 e. The average Bonchev–Trinajstić information content (AvgIpc) is 3.07. The minimum atomic E-state index is -0.434. The van der Waals surface area contributed by atoms with Crippen molar-refractivity contribution in [1.82, 2.24) is 9.88 Å². The minimum absolute atomic E-state index is 0.0204. The van der Waals surface area contributed by atoms with Gasteiger partial charge in [0.15, 0.2) is 0 Å². The van der Waals surface area contributed by atoms with E-state index in [9.17, 15) is 10.2 Å². The number of likely N-dealkylation sites (tertiary alicyclic amines) is 1. The zero-order valence-corrected chi connectivity index (χ0v) is 14.2. The fourth-order valence-corrected chi connectivity index (χ4v) is 3.68. The van der Waals surface area contributed by atoms with E-state index in [4.69, 9.17) is 4.42 Å². The number of nitrogens with zero attached hydrogens (tertiary/aromatic N) is 2. The van der Waals surface area contributed by atoms with Gasteiger partial charge in [-0.2, -0.15) is 0 Å². The summed E-state index contributed by atoms with van der Waals surface area (Å²) in [5, 5.41) is 20.2. The van der Waals surface area contributed by atoms with E-state index in [2.05, 4.69) is 16.8 Å². The lowest BCUT2D eigenvalue weighted by Gasteiger charge is -2.45. The Labute approximate surface area is 142 Å². The molecule has 0 radical (unpaired) electrons. The van der Waals surface area contributed by atoms with E-state index in [1.165, 1.54) is 0 Å². The Balaban J connectivity index is 1.69. The minimum Gasteiger partial charge on any atom is -0.444 e. The van der Waals surface area contributed by atoms with Crippen LogP contribution >= 0.6 is 0 Å². The molecule has 5 heteroatoms. The first-order chi connectivity index (χ1) is 11.7. The molecule has 2 atom stereocenters. The zero-order valence-electron chi connectivity index (χ0n) is 14.2. The molecule has 1 aromatic heterocycles. The maximum absolute atomic E-state index is 10.4. The van der Waals surface area contributed by atoms with Crippen LogP contribution in [0.1, 0.15) is 31.9 Å². The molecule has 0 saturated carbocycles. The summed E-state index contributed by atoms with van der Waals surface area (Å²) in [6.45, 7) is 4.28. The maximum atomic E-state index is 10.4. The molecule has 0 unspecified atom stereocenters. The van der Waals surface area contributed by atoms with Crippen LogP contribution in [0.5, 0.6) is 0 Å². The molecule has 1 aliphatic rings. The highest BCUT2D eigenvalue weighted by atomic mass is 16.3. The first kappa shape index (κ1) is 17.1. The standard InChI is InChI=1S/C19H26N2O3/c1-2-9-19(14-22)13-21(10-8-17(19)23)11-16-12-24-18(20-16)15-6-4-3-5-7-15/h3-7,12,17,22-23H,2,8-11,13-14H2,1H3/t17-,19+/m1/s1. The topological polar surface area (TPSA) is 69.7 Å². The third kappa shape index (κ3) is 3.53. The summed E-state index contributed by atoms with van der Waals surface area (Å²) in [6, 6.07) is 9.85. The first-order valence-electron chi connectivity index (χ1n) is 8.68. The molecule has 0 amide bonds. The summed E-state index contributed by atoms with van der Waals surface area (Å²) in [6.07, 6.45) is 3.73. The van der Waals surface area contributed by atoms with Gasteiger partial charge in [-0.05, 0) is 25.0 Å². The van der Waals surface area contributed by atoms with E-state index in [0.717, 1.165) is 30.6 Å². The Hall–Kier alpha value is -1.69. The van der Waals surface area contributed by atoms with Crippen molar-refractivity contribution >= 4 is 0 Å². The third-order valence-corrected chi connectivity index (χ3v) is 4.99. The largest absolute Gasteiger partial charge is 0.444 e. The number of oxazole rings is 1. The van der Waals surface area contributed by atoms with Gasteiger partial charge in [0.2, 0.25) is 5.89 Å². The van der Waals surface area contributed by atoms with E-state index in [0.29, 0.717) is 25.4 Å². The molecule has 0 spiro atoms. The molecule has 5 nitrogen and oxygen atoms in total. The van der Waals surface area contributed by atoms with E-state index >= 15 is 0 Å². The zero-order chi connectivity index (χ0) is 17.0. The Morgan fingerprint density at radius 3 is 2.83 bits per heavy atom. The lowest BCUT2D eigenvalue weighted by Crippen LogP contribution is -2.53. The Morgan fingerprint density at radius 2 is 2.12 bits per heavy atom. The van der Waals surface area contributed by atoms with Crippen molar-refractivity contribution in [1.29, 1.82) is 0 Å². The van der Waals surface area contributed by atoms with Gasteiger partial charge in [-0.3, -0.25) is 4.90 Å². The summed E-state index contributed by atoms with van der Waals surface area (Å²) >= 11 is 0. The first-order valence-corrected chi connectivity index (χ1v) is 8.68. The van der Waals surface area contributed by atoms with Gasteiger partial charge in [0.1, 0.15) is 6.26 Å². The number of rotatable bonds is 6. The molecule has 1 aliphatic heterocycles. The van der Waals surface area contributed by atoms with Crippen LogP contribution in [0.15, 0.2) is 41.0 Å². The van der Waals surface area contributed by atoms with Crippen LogP contribution in [0.25, 0.3) is 11.5 Å². The summed E-state index contributed by atoms with van der Waals surface area (Å²) in [7, 11) is 0. The van der Waals surface area contributed by atoms with Gasteiger partial charge in [-0.25, -0.2) is 4.98 Å². The molecule has 1 aromatic carbocycles. The molecule has 2 heterocycles. The number of piperidine rings is 1. The van der Waals surface area contributed by atoms with Gasteiger partial charge in [-0.1, -0.05) is 31.5 Å². The van der Waals surface area contributed by atoms with Crippen molar-refractivity contribution in [3.05, 3.63) is 42.3 Å². The van der Waals surface area contributed by atoms with Crippen molar-refractivity contribution in [2.75, 3.05) is 19.7 Å². The highest BCUT2D eigenvalue weighted by molar-refractivity contribution is 5.52. The molecular formula is C19H26N2O3. The van der Waals surface area contributed by atoms with Crippen LogP contribution < -0.4 is 0 Å². The molecule has 0 aliphatic carbocycles. The number of hydrogen-bond donors (Lipinski definition) is 2. The molecule has 2 N–H and O–H groups in total. The Bertz CT molecular complexity index is 643. The summed E-state index contributed by atoms with van der Waals surface area (Å²) in [5.41, 5.74) is 1.43. The summed E-state index contributed by atoms with van der Waals surface area (Å²) in [5.74, 6) is 0.629. The number of aliphatic hydroxyl groups excluding tert-OH is 2. The van der Waals surface area contributed by atoms with Gasteiger partial charge in [0, 0.05) is 30.6 Å². The lowest BCUT2D eigenvalue weighted by atomic mass is 9.74. The SMILES string of the molecule is CCC[C@@]1(CO)CN(Cc2coc(-c3ccccc3)n2)CC[C@H]1O. The predicted octanol–water partition coefficient (Wildman–Crippen LogP) is 2.69. The van der Waals surface area contributed by atoms with Crippen molar-refractivity contribution in [2.45, 2.75) is 38.8 Å². The third-order valence-electron chi connectivity index (χ3n) is 4.99. The van der Waals surface area contributed by atoms with Crippen molar-refractivity contribution < 1.29 is 14.6 Å². The van der Waals surface area contributed by atoms with Gasteiger partial charge in [0.25, 0.3) is 0 Å². The molecule has 24 heavy (non-hydrogen) atoms. The van der Waals surface area contributed by atoms with Gasteiger partial charge in [0.05, 0.1) is 18.4 Å². The van der Waals surface area contributed by atoms with Crippen LogP contribution in [-0.4, -0.2) is 45.9 Å². The summed E-state index contributed by atoms with van der Waals surface area (Å²) in [4.78, 5) is 6.84. The normalized spacial score (nSPS) is 25.0. The van der Waals surface area contributed by atoms with Crippen LogP contribution in [0.2, 0.25) is 0 Å². The second kappa shape index (κ2) is 7.47. The predicted molar refractivity (Wildman–Crippen MR) is 92.3 cm³/mol. The van der Waals surface area contributed by atoms with Crippen LogP contribution in [-0.2, 0) is 6.54 Å². The smallest absolute Gasteiger partial charge is 0.226 e. The lowest BCUT2D eigenvalue weighted by molar-refractivity contribution is -0.0821. The van der Waals surface area contributed by atoms with Gasteiger partial charge in [-0.15, -0.1) is 0 Å². The van der Waals surface area contributed by atoms with Gasteiger partial charge >= 0.3 is 0 Å². The summed E-state index contributed by atoms with van der Waals surface area (Å²) < 4.78 is 5.60. The second-order valence-corrected chi connectivity index (χ2v) is 6.80. The quantitative estimate of drug-likeness (QED) is 0.852. The number of aromatic nitrogens is 1. The molecule has 2 aromatic rings. The van der Waals surface area contributed by atoms with E-state index in [-0.39, 0.29) is 6.61 Å². The Kier molecular flexibility index (Phi) is 5.33. The molecule has 130 valence electrons. The highest BCUT2D eigenvalue weighted by Crippen LogP contribution is 2.35. The fraction of sp³-hybridized carbons (Fsp3) is 0.526. The van der Waals surface area contributed by atoms with E-state index in [1.54, 1.807) is 6.26 Å². The highest BCUT2D eigenvalue weighted by Gasteiger charge is 2.41. The number of hydrogen-bond acceptors (Lipinski definition) is 5. The molecule has 0 bridgehead atoms. The van der Waals surface area contributed by atoms with Crippen LogP contribution in [0.3, 0.4) is 0 Å². The Morgan fingerprint density at radius 1 is 1.33 bits per heavy atom. The van der Waals surface area contributed by atoms with Crippen LogP contribution in [0.4, 0.5) is 0 Å². The van der Waals surface area contributed by atoms with Gasteiger partial charge < -0.3 is 14.6 Å². The van der Waals surface area contributed by atoms with Crippen LogP contribution in [0, 0.1) is 5.41 Å². The van der Waals surface area contributed by atoms with Crippen molar-refractivity contribution in [3.63, 3.8) is 0 Å². The molecule has 3 rings (SSSR count). The molecule has 1 saturated heterocycles. The second-order valence-electron chi connectivity index (χ2n) is 6.80. The molecule has 1 fully saturated rings. The average molecular weight is 330 g/mol. The van der Waals surface area contributed by atoms with E-state index in [1.807, 2.05) is 30.3 Å². The monoisotopic (exact) mass is 330 g/mol. The van der Waals surface area contributed by atoms with E-state index < -0.39 is 11.5 Å². The number of aliphatic hydroxyl groups is 2. The number of benzene rings is 1. The fourth-order valence-electron chi connectivity index (χ4n) is 3.68. The van der Waals surface area contributed by atoms with Crippen molar-refractivity contribution in [3.8, 4) is 11.5 Å². The van der Waals surface area contributed by atoms with Crippen molar-refractivity contribution in [2.24, 2.45) is 5.41 Å².